The fraction of sp³-hybridized carbons (Fsp3) is 0.700. The molecule has 0 saturated carbocycles. The molecule has 620 valence electrons. The van der Waals surface area contributed by atoms with Gasteiger partial charge in [-0.15, -0.1) is 0 Å². The Morgan fingerprint density at radius 2 is 1.31 bits per heavy atom. The third kappa shape index (κ3) is 32.6. The molecule has 40 heteroatoms. The van der Waals surface area contributed by atoms with Crippen LogP contribution in [-0.2, 0) is 118 Å². The Hall–Kier alpha value is -7.55. The monoisotopic (exact) mass is 1600 g/mol. The van der Waals surface area contributed by atoms with Crippen molar-refractivity contribution in [3.05, 3.63) is 35.2 Å². The molecule has 2 bridgehead atoms. The molecule has 3 aliphatic rings. The van der Waals surface area contributed by atoms with Crippen molar-refractivity contribution in [3.8, 4) is 5.75 Å². The zero-order valence-electron chi connectivity index (χ0n) is 62.9. The van der Waals surface area contributed by atoms with Gasteiger partial charge in [-0.2, -0.15) is 11.8 Å². The number of aliphatic hydroxyl groups is 3. The smallest absolute Gasteiger partial charge is 0.304 e. The van der Waals surface area contributed by atoms with E-state index in [0.717, 1.165) is 4.90 Å². The number of phenolic OH excluding ortho intramolecular Hbond substituents is 1. The first-order valence-corrected chi connectivity index (χ1v) is 39.1. The number of nitrogens with zero attached hydrogens (tertiary/aromatic N) is 2. The van der Waals surface area contributed by atoms with Gasteiger partial charge in [0.15, 0.2) is 11.6 Å². The van der Waals surface area contributed by atoms with E-state index in [1.54, 1.807) is 13.8 Å². The first kappa shape index (κ1) is 93.1. The molecule has 18 N–H and O–H groups in total. The zero-order valence-corrected chi connectivity index (χ0v) is 64.5. The average molecular weight is 1600 g/mol. The molecular formula is C70H112N12O26S2. The van der Waals surface area contributed by atoms with Gasteiger partial charge in [0.2, 0.25) is 47.3 Å². The molecule has 1 fully saturated rings. The highest BCUT2D eigenvalue weighted by molar-refractivity contribution is 7.98. The quantitative estimate of drug-likeness (QED) is 0.0170. The van der Waals surface area contributed by atoms with Crippen LogP contribution in [0.5, 0.6) is 5.75 Å². The number of ether oxygens (including phenoxy) is 9. The van der Waals surface area contributed by atoms with E-state index < -0.39 is 206 Å². The topological polar surface area (TPSA) is 562 Å². The van der Waals surface area contributed by atoms with E-state index in [-0.39, 0.29) is 65.8 Å². The van der Waals surface area contributed by atoms with Crippen LogP contribution < -0.4 is 49.2 Å². The van der Waals surface area contributed by atoms with Crippen LogP contribution in [0, 0.1) is 29.6 Å². The summed E-state index contributed by atoms with van der Waals surface area (Å²) >= 11 is 1.35. The lowest BCUT2D eigenvalue weighted by atomic mass is 9.85. The fourth-order valence-electron chi connectivity index (χ4n) is 11.9. The molecular weight excluding hydrogens is 1490 g/mol. The van der Waals surface area contributed by atoms with Crippen LogP contribution >= 0.6 is 11.8 Å². The zero-order chi connectivity index (χ0) is 80.7. The van der Waals surface area contributed by atoms with Gasteiger partial charge in [0.25, 0.3) is 0 Å². The molecule has 38 nitrogen and oxygen atoms in total. The van der Waals surface area contributed by atoms with Crippen LogP contribution in [0.4, 0.5) is 0 Å². The number of rotatable bonds is 45. The SMILES string of the molecule is CC[C@H](C)[C@@H]1CC(=O)CNC(=O)[C@H]2CC(=O)[C@H]([C@@H](C)[C@@H](O)CO)NC(=O)[C@@H]3C[C@@H](O)CN3C(=O)[C@H](CC(N)=O)NC(=O)C(CS(=O)c3[nH]c4c(CSCCOCCOCCOCCOCCOCCOCCOCCOCCOCCN(N)/C=C(\N)CNC(=O)C(C)CC(=O)O)c(O)ccc4c3C2)NC(=O)CNC1=O. The number of carboxylic acid groups (broad SMARTS) is 1. The normalized spacial score (nSPS) is 22.1. The number of aliphatic carboxylic acids is 1. The second-order valence-corrected chi connectivity index (χ2v) is 29.3. The number of aliphatic hydroxyl groups excluding tert-OH is 3. The lowest BCUT2D eigenvalue weighted by Crippen LogP contribution is -2.60. The number of aromatic hydroxyl groups is 1. The van der Waals surface area contributed by atoms with Crippen molar-refractivity contribution in [2.75, 3.05) is 170 Å². The maximum Gasteiger partial charge on any atom is 0.304 e. The summed E-state index contributed by atoms with van der Waals surface area (Å²) in [5.74, 6) is -9.54. The molecule has 110 heavy (non-hydrogen) atoms. The summed E-state index contributed by atoms with van der Waals surface area (Å²) in [4.78, 5) is 154. The number of thioether (sulfide) groups is 1. The predicted octanol–water partition coefficient (Wildman–Crippen LogP) is -4.15. The highest BCUT2D eigenvalue weighted by Gasteiger charge is 2.45. The minimum Gasteiger partial charge on any atom is -0.508 e. The molecule has 2 aromatic rings. The Morgan fingerprint density at radius 3 is 1.86 bits per heavy atom. The number of H-pyrrole nitrogens is 1. The summed E-state index contributed by atoms with van der Waals surface area (Å²) in [6.45, 7) is 9.93. The predicted molar refractivity (Wildman–Crippen MR) is 396 cm³/mol. The van der Waals surface area contributed by atoms with E-state index in [1.165, 1.54) is 49.0 Å². The maximum absolute atomic E-state index is 15.3. The van der Waals surface area contributed by atoms with Crippen molar-refractivity contribution in [2.45, 2.75) is 120 Å². The van der Waals surface area contributed by atoms with Crippen LogP contribution in [0.15, 0.2) is 29.1 Å². The second kappa shape index (κ2) is 50.4. The molecule has 0 spiro atoms. The Morgan fingerprint density at radius 1 is 0.745 bits per heavy atom. The van der Waals surface area contributed by atoms with Crippen LogP contribution in [0.3, 0.4) is 0 Å². The molecule has 1 aromatic carbocycles. The number of amides is 8. The Balaban J connectivity index is 1.10. The first-order chi connectivity index (χ1) is 52.6. The third-order valence-corrected chi connectivity index (χ3v) is 20.6. The number of carboxylic acids is 1. The summed E-state index contributed by atoms with van der Waals surface area (Å²) in [6, 6.07) is -4.18. The van der Waals surface area contributed by atoms with E-state index in [2.05, 4.69) is 36.9 Å². The Labute approximate surface area is 644 Å². The van der Waals surface area contributed by atoms with Crippen LogP contribution in [-0.4, -0.2) is 316 Å². The lowest BCUT2D eigenvalue weighted by Gasteiger charge is -2.32. The summed E-state index contributed by atoms with van der Waals surface area (Å²) in [5, 5.41) is 68.9. The number of fused-ring (bicyclic) bond motifs is 5. The van der Waals surface area contributed by atoms with Gasteiger partial charge in [0.05, 0.1) is 205 Å². The van der Waals surface area contributed by atoms with E-state index >= 15 is 4.21 Å². The lowest BCUT2D eigenvalue weighted by molar-refractivity contribution is -0.144. The first-order valence-electron chi connectivity index (χ1n) is 36.7. The minimum absolute atomic E-state index is 0.0227. The molecule has 1 saturated heterocycles. The number of phenols is 1. The van der Waals surface area contributed by atoms with Gasteiger partial charge in [-0.1, -0.05) is 34.1 Å². The summed E-state index contributed by atoms with van der Waals surface area (Å²) in [5.41, 5.74) is 12.4. The standard InChI is InChI=1S/C70H112N12O26S2/c1-5-42(2)50-31-47(84)35-75-65(94)45-29-51-49-6-7-56(86)52(40-109-27-26-108-25-24-107-23-22-106-21-20-105-19-18-104-17-16-103-15-14-102-13-12-101-11-10-100-9-8-81(73)37-46(71)34-74-64(93)43(3)28-61(91)92)63(49)80-69(51)110(99)41-54(77-60(90)36-76-66(50)95)67(96)78-53(33-59(72)89)70(98)82-38-48(85)32-55(82)68(97)79-62(57(87)30-45)44(4)58(88)39-83/h6-7,37,42-45,48,50,53-55,58,62,80,83,85-86,88H,5,8-36,38-41,71,73H2,1-4H3,(H2,72,89)(H,74,93)(H,75,94)(H,76,95)(H,77,90)(H,78,96)(H,79,97)(H,91,92)/b46-37-/t42-,43?,44-,45+,48+,50-,53-,54?,55-,58-,62-,110?/m0/s1. The number of hydrogen-bond acceptors (Lipinski definition) is 29. The number of benzene rings is 1. The van der Waals surface area contributed by atoms with Gasteiger partial charge in [-0.3, -0.25) is 56.9 Å². The highest BCUT2D eigenvalue weighted by Crippen LogP contribution is 2.37. The molecule has 0 aliphatic carbocycles. The van der Waals surface area contributed by atoms with Crippen molar-refractivity contribution in [3.63, 3.8) is 0 Å². The van der Waals surface area contributed by atoms with Crippen LogP contribution in [0.2, 0.25) is 0 Å². The molecule has 1 aromatic heterocycles. The summed E-state index contributed by atoms with van der Waals surface area (Å²) in [7, 11) is -2.45. The van der Waals surface area contributed by atoms with Gasteiger partial charge >= 0.3 is 5.97 Å². The van der Waals surface area contributed by atoms with E-state index in [0.29, 0.717) is 129 Å². The second-order valence-electron chi connectivity index (χ2n) is 26.7. The number of aromatic amines is 1. The van der Waals surface area contributed by atoms with E-state index in [9.17, 15) is 73.2 Å². The Bertz CT molecular complexity index is 3370. The van der Waals surface area contributed by atoms with Crippen molar-refractivity contribution < 1.29 is 125 Å². The number of primary amides is 1. The van der Waals surface area contributed by atoms with Gasteiger partial charge in [0, 0.05) is 83.8 Å². The van der Waals surface area contributed by atoms with Crippen molar-refractivity contribution in [1.82, 2.24) is 46.8 Å². The maximum atomic E-state index is 15.3. The van der Waals surface area contributed by atoms with E-state index in [1.807, 2.05) is 0 Å². The molecule has 12 atom stereocenters. The average Bonchev–Trinajstić information content (AvgIpc) is 1.61. The summed E-state index contributed by atoms with van der Waals surface area (Å²) < 4.78 is 65.5. The third-order valence-electron chi connectivity index (χ3n) is 18.3. The van der Waals surface area contributed by atoms with Gasteiger partial charge in [-0.05, 0) is 30.0 Å². The number of nitrogens with one attached hydrogen (secondary N) is 7. The van der Waals surface area contributed by atoms with Gasteiger partial charge in [0.1, 0.15) is 28.9 Å². The molecule has 4 heterocycles. The molecule has 0 radical (unpaired) electrons. The number of hydrazine groups is 1. The van der Waals surface area contributed by atoms with Gasteiger partial charge in [-0.25, -0.2) is 5.84 Å². The van der Waals surface area contributed by atoms with Gasteiger partial charge < -0.3 is 126 Å². The molecule has 3 unspecified atom stereocenters. The largest absolute Gasteiger partial charge is 0.508 e. The highest BCUT2D eigenvalue weighted by atomic mass is 32.2. The minimum atomic E-state index is -2.45. The van der Waals surface area contributed by atoms with Crippen molar-refractivity contribution >= 4 is 98.3 Å². The van der Waals surface area contributed by atoms with Crippen LogP contribution in [0.1, 0.15) is 77.3 Å². The molecule has 5 rings (SSSR count). The fourth-order valence-corrected chi connectivity index (χ4v) is 14.2. The number of aromatic nitrogens is 1. The Kier molecular flexibility index (Phi) is 42.7. The number of ketones is 2. The number of nitrogens with two attached hydrogens (primary N) is 3. The van der Waals surface area contributed by atoms with Crippen molar-refractivity contribution in [2.24, 2.45) is 46.9 Å². The molecule has 8 amide bonds. The van der Waals surface area contributed by atoms with Crippen molar-refractivity contribution in [1.29, 1.82) is 0 Å². The number of carbonyl (C=O) groups excluding carboxylic acids is 10. The number of hydrogen-bond donors (Lipinski definition) is 15. The number of carbonyl (C=O) groups is 11. The summed E-state index contributed by atoms with van der Waals surface area (Å²) in [6.07, 6.45) is -4.36. The number of Topliss-reactive ketones (excluding diaryl/α,β-unsaturated/α-hetero) is 2. The van der Waals surface area contributed by atoms with Crippen LogP contribution in [0.25, 0.3) is 10.9 Å². The van der Waals surface area contributed by atoms with E-state index in [4.69, 9.17) is 65.0 Å². The molecule has 3 aliphatic heterocycles.